The molecule has 6 heteroatoms. The minimum absolute atomic E-state index is 0.0180. The fraction of sp³-hybridized carbons (Fsp3) is 0.636. The zero-order valence-corrected chi connectivity index (χ0v) is 11.1. The number of ether oxygens (including phenoxy) is 1. The normalized spacial score (nSPS) is 23.9. The summed E-state index contributed by atoms with van der Waals surface area (Å²) in [5.41, 5.74) is 0.970. The highest BCUT2D eigenvalue weighted by Gasteiger charge is 2.33. The molecule has 2 unspecified atom stereocenters. The van der Waals surface area contributed by atoms with Crippen LogP contribution >= 0.6 is 11.3 Å². The van der Waals surface area contributed by atoms with Gasteiger partial charge in [-0.3, -0.25) is 4.79 Å². The van der Waals surface area contributed by atoms with Crippen molar-refractivity contribution in [2.45, 2.75) is 19.9 Å². The van der Waals surface area contributed by atoms with E-state index in [1.165, 1.54) is 11.3 Å². The van der Waals surface area contributed by atoms with Crippen LogP contribution in [0.5, 0.6) is 0 Å². The molecule has 1 fully saturated rings. The van der Waals surface area contributed by atoms with Gasteiger partial charge in [-0.2, -0.15) is 0 Å². The van der Waals surface area contributed by atoms with Gasteiger partial charge in [0.2, 0.25) is 5.91 Å². The Bertz CT molecular complexity index is 399. The van der Waals surface area contributed by atoms with Gasteiger partial charge in [0.1, 0.15) is 0 Å². The van der Waals surface area contributed by atoms with Gasteiger partial charge in [-0.25, -0.2) is 4.98 Å². The zero-order valence-electron chi connectivity index (χ0n) is 10.2. The Labute approximate surface area is 105 Å². The average Bonchev–Trinajstić information content (AvgIpc) is 2.86. The number of nitrogens with one attached hydrogen (secondary N) is 2. The molecule has 0 spiro atoms. The van der Waals surface area contributed by atoms with Crippen LogP contribution in [0.25, 0.3) is 0 Å². The zero-order chi connectivity index (χ0) is 12.4. The molecule has 17 heavy (non-hydrogen) atoms. The summed E-state index contributed by atoms with van der Waals surface area (Å²) in [6.45, 7) is 5.00. The molecule has 1 aliphatic rings. The Hall–Kier alpha value is -0.980. The second-order valence-corrected chi connectivity index (χ2v) is 5.39. The van der Waals surface area contributed by atoms with Gasteiger partial charge >= 0.3 is 0 Å². The Morgan fingerprint density at radius 3 is 2.82 bits per heavy atom. The minimum atomic E-state index is -0.135. The Morgan fingerprint density at radius 2 is 2.24 bits per heavy atom. The van der Waals surface area contributed by atoms with Crippen molar-refractivity contribution >= 4 is 22.4 Å². The van der Waals surface area contributed by atoms with Crippen molar-refractivity contribution in [1.82, 2.24) is 10.3 Å². The highest BCUT2D eigenvalue weighted by Crippen LogP contribution is 2.23. The molecule has 2 atom stereocenters. The number of hydrogen-bond donors (Lipinski definition) is 2. The van der Waals surface area contributed by atoms with Crippen molar-refractivity contribution in [2.75, 3.05) is 25.6 Å². The number of hydrogen-bond acceptors (Lipinski definition) is 5. The number of nitrogens with zero attached hydrogens (tertiary/aromatic N) is 1. The molecule has 0 aromatic carbocycles. The first-order chi connectivity index (χ1) is 8.11. The van der Waals surface area contributed by atoms with Crippen molar-refractivity contribution in [1.29, 1.82) is 0 Å². The highest BCUT2D eigenvalue weighted by atomic mass is 32.1. The molecule has 5 nitrogen and oxygen atoms in total. The fourth-order valence-electron chi connectivity index (χ4n) is 1.82. The summed E-state index contributed by atoms with van der Waals surface area (Å²) in [6, 6.07) is 0.0946. The summed E-state index contributed by atoms with van der Waals surface area (Å²) in [5.74, 6) is -0.153. The summed E-state index contributed by atoms with van der Waals surface area (Å²) >= 11 is 1.51. The summed E-state index contributed by atoms with van der Waals surface area (Å²) < 4.78 is 5.31. The van der Waals surface area contributed by atoms with Crippen LogP contribution in [-0.4, -0.2) is 37.2 Å². The quantitative estimate of drug-likeness (QED) is 0.843. The molecule has 1 saturated heterocycles. The SMILES string of the molecule is CNC1COCC1C(=O)Nc1nc(C)c(C)s1. The van der Waals surface area contributed by atoms with E-state index >= 15 is 0 Å². The number of carbonyl (C=O) groups excluding carboxylic acids is 1. The van der Waals surface area contributed by atoms with E-state index in [4.69, 9.17) is 4.74 Å². The molecule has 2 rings (SSSR count). The third-order valence-electron chi connectivity index (χ3n) is 3.05. The average molecular weight is 255 g/mol. The molecule has 0 saturated carbocycles. The molecule has 1 aromatic rings. The van der Waals surface area contributed by atoms with E-state index in [1.807, 2.05) is 20.9 Å². The molecule has 1 aliphatic heterocycles. The molecule has 0 radical (unpaired) electrons. The van der Waals surface area contributed by atoms with Gasteiger partial charge in [0, 0.05) is 10.9 Å². The lowest BCUT2D eigenvalue weighted by molar-refractivity contribution is -0.120. The van der Waals surface area contributed by atoms with Crippen LogP contribution in [0.4, 0.5) is 5.13 Å². The van der Waals surface area contributed by atoms with Crippen LogP contribution in [0.3, 0.4) is 0 Å². The van der Waals surface area contributed by atoms with Crippen LogP contribution in [-0.2, 0) is 9.53 Å². The summed E-state index contributed by atoms with van der Waals surface area (Å²) in [7, 11) is 1.84. The van der Waals surface area contributed by atoms with Gasteiger partial charge in [-0.15, -0.1) is 11.3 Å². The lowest BCUT2D eigenvalue weighted by Crippen LogP contribution is -2.39. The van der Waals surface area contributed by atoms with E-state index in [0.717, 1.165) is 10.6 Å². The number of likely N-dealkylation sites (N-methyl/N-ethyl adjacent to an activating group) is 1. The van der Waals surface area contributed by atoms with Crippen LogP contribution in [0.15, 0.2) is 0 Å². The van der Waals surface area contributed by atoms with Crippen LogP contribution in [0.2, 0.25) is 0 Å². The largest absolute Gasteiger partial charge is 0.379 e. The standard InChI is InChI=1S/C11H17N3O2S/c1-6-7(2)17-11(13-6)14-10(15)8-4-16-5-9(8)12-3/h8-9,12H,4-5H2,1-3H3,(H,13,14,15). The molecular weight excluding hydrogens is 238 g/mol. The molecule has 2 N–H and O–H groups in total. The van der Waals surface area contributed by atoms with Gasteiger partial charge in [0.25, 0.3) is 0 Å². The second-order valence-electron chi connectivity index (χ2n) is 4.19. The maximum absolute atomic E-state index is 12.0. The monoisotopic (exact) mass is 255 g/mol. The highest BCUT2D eigenvalue weighted by molar-refractivity contribution is 7.15. The van der Waals surface area contributed by atoms with Crippen molar-refractivity contribution in [3.63, 3.8) is 0 Å². The van der Waals surface area contributed by atoms with E-state index in [2.05, 4.69) is 15.6 Å². The van der Waals surface area contributed by atoms with E-state index in [9.17, 15) is 4.79 Å². The van der Waals surface area contributed by atoms with Crippen molar-refractivity contribution in [2.24, 2.45) is 5.92 Å². The fourth-order valence-corrected chi connectivity index (χ4v) is 2.64. The molecule has 0 bridgehead atoms. The van der Waals surface area contributed by atoms with Crippen molar-refractivity contribution < 1.29 is 9.53 Å². The lowest BCUT2D eigenvalue weighted by Gasteiger charge is -2.15. The van der Waals surface area contributed by atoms with Crippen LogP contribution in [0.1, 0.15) is 10.6 Å². The van der Waals surface area contributed by atoms with Gasteiger partial charge in [-0.1, -0.05) is 0 Å². The number of anilines is 1. The minimum Gasteiger partial charge on any atom is -0.379 e. The van der Waals surface area contributed by atoms with Gasteiger partial charge in [0.05, 0.1) is 24.8 Å². The molecule has 1 aromatic heterocycles. The summed E-state index contributed by atoms with van der Waals surface area (Å²) in [4.78, 5) is 17.5. The third-order valence-corrected chi connectivity index (χ3v) is 4.04. The number of thiazole rings is 1. The number of carbonyl (C=O) groups is 1. The predicted molar refractivity (Wildman–Crippen MR) is 67.4 cm³/mol. The molecular formula is C11H17N3O2S. The number of rotatable bonds is 3. The topological polar surface area (TPSA) is 63.2 Å². The smallest absolute Gasteiger partial charge is 0.233 e. The maximum atomic E-state index is 12.0. The van der Waals surface area contributed by atoms with E-state index in [-0.39, 0.29) is 17.9 Å². The number of aromatic nitrogens is 1. The van der Waals surface area contributed by atoms with Crippen molar-refractivity contribution in [3.05, 3.63) is 10.6 Å². The van der Waals surface area contributed by atoms with Gasteiger partial charge in [0.15, 0.2) is 5.13 Å². The first kappa shape index (κ1) is 12.5. The van der Waals surface area contributed by atoms with Gasteiger partial charge in [-0.05, 0) is 20.9 Å². The van der Waals surface area contributed by atoms with Crippen molar-refractivity contribution in [3.8, 4) is 0 Å². The summed E-state index contributed by atoms with van der Waals surface area (Å²) in [5, 5.41) is 6.63. The summed E-state index contributed by atoms with van der Waals surface area (Å²) in [6.07, 6.45) is 0. The Balaban J connectivity index is 2.01. The molecule has 94 valence electrons. The van der Waals surface area contributed by atoms with Gasteiger partial charge < -0.3 is 15.4 Å². The van der Waals surface area contributed by atoms with Crippen LogP contribution < -0.4 is 10.6 Å². The first-order valence-corrected chi connectivity index (χ1v) is 6.43. The first-order valence-electron chi connectivity index (χ1n) is 5.61. The maximum Gasteiger partial charge on any atom is 0.233 e. The van der Waals surface area contributed by atoms with E-state index in [1.54, 1.807) is 0 Å². The lowest BCUT2D eigenvalue weighted by atomic mass is 10.0. The molecule has 2 heterocycles. The molecule has 1 amide bonds. The predicted octanol–water partition coefficient (Wildman–Crippen LogP) is 0.933. The molecule has 0 aliphatic carbocycles. The van der Waals surface area contributed by atoms with E-state index < -0.39 is 0 Å². The van der Waals surface area contributed by atoms with Crippen LogP contribution in [0, 0.1) is 19.8 Å². The number of amides is 1. The Morgan fingerprint density at radius 1 is 1.47 bits per heavy atom. The second kappa shape index (κ2) is 5.12. The third kappa shape index (κ3) is 2.65. The Kier molecular flexibility index (Phi) is 3.76. The van der Waals surface area contributed by atoms with E-state index in [0.29, 0.717) is 18.3 Å². The number of aryl methyl sites for hydroxylation is 2.